The number of anilines is 1. The van der Waals surface area contributed by atoms with Crippen LogP contribution >= 0.6 is 0 Å². The van der Waals surface area contributed by atoms with Crippen LogP contribution in [-0.4, -0.2) is 18.4 Å². The van der Waals surface area contributed by atoms with Crippen molar-refractivity contribution in [2.45, 2.75) is 18.2 Å². The number of aromatic nitrogens is 2. The Balaban J connectivity index is 2.00. The van der Waals surface area contributed by atoms with E-state index >= 15 is 0 Å². The van der Waals surface area contributed by atoms with E-state index in [9.17, 15) is 22.0 Å². The molecule has 0 fully saturated rings. The largest absolute Gasteiger partial charge is 0.307 e. The number of rotatable bonds is 5. The summed E-state index contributed by atoms with van der Waals surface area (Å²) in [5.74, 6) is -2.13. The van der Waals surface area contributed by atoms with Crippen LogP contribution in [0, 0.1) is 11.6 Å². The molecule has 0 radical (unpaired) electrons. The van der Waals surface area contributed by atoms with E-state index in [4.69, 9.17) is 0 Å². The fraction of sp³-hybridized carbons (Fsp3) is 0.111. The number of hydrogen-bond donors (Lipinski definition) is 2. The minimum Gasteiger partial charge on any atom is -0.307 e. The molecule has 0 aliphatic rings. The highest BCUT2D eigenvalue weighted by Crippen LogP contribution is 2.24. The van der Waals surface area contributed by atoms with Gasteiger partial charge < -0.3 is 4.98 Å². The molecule has 0 saturated heterocycles. The van der Waals surface area contributed by atoms with Gasteiger partial charge in [0.15, 0.2) is 4.90 Å². The Morgan fingerprint density at radius 2 is 1.74 bits per heavy atom. The highest BCUT2D eigenvalue weighted by Gasteiger charge is 2.24. The molecule has 0 bridgehead atoms. The molecular weight excluding hydrogens is 376 g/mol. The summed E-state index contributed by atoms with van der Waals surface area (Å²) in [5, 5.41) is 0. The molecule has 1 aromatic heterocycles. The molecule has 0 unspecified atom stereocenters. The summed E-state index contributed by atoms with van der Waals surface area (Å²) >= 11 is 0. The third-order valence-corrected chi connectivity index (χ3v) is 5.16. The zero-order valence-electron chi connectivity index (χ0n) is 14.2. The van der Waals surface area contributed by atoms with Crippen LogP contribution in [-0.2, 0) is 16.4 Å². The van der Waals surface area contributed by atoms with Crippen molar-refractivity contribution >= 4 is 15.7 Å². The zero-order chi connectivity index (χ0) is 19.6. The monoisotopic (exact) mass is 391 g/mol. The molecular formula is C18H15F2N3O3S. The Kier molecular flexibility index (Phi) is 5.04. The van der Waals surface area contributed by atoms with Crippen molar-refractivity contribution in [3.63, 3.8) is 0 Å². The van der Waals surface area contributed by atoms with Gasteiger partial charge in [-0.3, -0.25) is 9.52 Å². The molecule has 6 nitrogen and oxygen atoms in total. The van der Waals surface area contributed by atoms with Gasteiger partial charge in [-0.05, 0) is 30.7 Å². The molecule has 3 rings (SSSR count). The average Bonchev–Trinajstić information content (AvgIpc) is 2.60. The van der Waals surface area contributed by atoms with Crippen molar-refractivity contribution < 1.29 is 17.2 Å². The second-order valence-corrected chi connectivity index (χ2v) is 7.30. The van der Waals surface area contributed by atoms with Crippen LogP contribution in [0.15, 0.2) is 58.2 Å². The molecule has 140 valence electrons. The van der Waals surface area contributed by atoms with E-state index in [1.807, 2.05) is 6.92 Å². The Hall–Kier alpha value is -3.07. The number of sulfonamides is 1. The lowest BCUT2D eigenvalue weighted by Crippen LogP contribution is -2.16. The normalized spacial score (nSPS) is 11.4. The Labute approximate surface area is 154 Å². The van der Waals surface area contributed by atoms with E-state index < -0.39 is 26.6 Å². The van der Waals surface area contributed by atoms with Crippen molar-refractivity contribution in [3.8, 4) is 11.4 Å². The lowest BCUT2D eigenvalue weighted by atomic mass is 10.2. The van der Waals surface area contributed by atoms with Crippen molar-refractivity contribution in [1.82, 2.24) is 9.97 Å². The molecule has 27 heavy (non-hydrogen) atoms. The molecule has 0 amide bonds. The average molecular weight is 391 g/mol. The maximum Gasteiger partial charge on any atom is 0.267 e. The van der Waals surface area contributed by atoms with E-state index in [2.05, 4.69) is 14.7 Å². The highest BCUT2D eigenvalue weighted by atomic mass is 32.2. The summed E-state index contributed by atoms with van der Waals surface area (Å²) in [4.78, 5) is 17.5. The van der Waals surface area contributed by atoms with Crippen molar-refractivity contribution in [3.05, 3.63) is 76.2 Å². The molecule has 0 spiro atoms. The minimum atomic E-state index is -4.49. The Bertz CT molecular complexity index is 1140. The quantitative estimate of drug-likeness (QED) is 0.699. The summed E-state index contributed by atoms with van der Waals surface area (Å²) in [6.07, 6.45) is 0.551. The van der Waals surface area contributed by atoms with Gasteiger partial charge >= 0.3 is 0 Å². The SMILES string of the molecule is CCc1cc(=O)[nH]c(-c2cccc(NS(=O)(=O)c3c(F)cccc3F)c2)n1. The minimum absolute atomic E-state index is 0.0692. The van der Waals surface area contributed by atoms with E-state index in [0.29, 0.717) is 17.7 Å². The van der Waals surface area contributed by atoms with E-state index in [1.54, 1.807) is 6.07 Å². The number of nitrogens with zero attached hydrogens (tertiary/aromatic N) is 1. The van der Waals surface area contributed by atoms with Gasteiger partial charge in [-0.1, -0.05) is 25.1 Å². The maximum atomic E-state index is 13.8. The van der Waals surface area contributed by atoms with Crippen molar-refractivity contribution in [2.75, 3.05) is 4.72 Å². The predicted octanol–water partition coefficient (Wildman–Crippen LogP) is 3.08. The summed E-state index contributed by atoms with van der Waals surface area (Å²) in [7, 11) is -4.49. The number of H-pyrrole nitrogens is 1. The number of nitrogens with one attached hydrogen (secondary N) is 2. The fourth-order valence-electron chi connectivity index (χ4n) is 2.50. The standard InChI is InChI=1S/C18H15F2N3O3S/c1-2-12-10-16(24)22-18(21-12)11-5-3-6-13(9-11)23-27(25,26)17-14(19)7-4-8-15(17)20/h3-10,23H,2H2,1H3,(H,21,22,24). The smallest absolute Gasteiger partial charge is 0.267 e. The molecule has 3 aromatic rings. The van der Waals surface area contributed by atoms with Gasteiger partial charge in [-0.15, -0.1) is 0 Å². The van der Waals surface area contributed by atoms with Gasteiger partial charge in [-0.2, -0.15) is 0 Å². The number of aromatic amines is 1. The zero-order valence-corrected chi connectivity index (χ0v) is 15.0. The lowest BCUT2D eigenvalue weighted by Gasteiger charge is -2.11. The lowest BCUT2D eigenvalue weighted by molar-refractivity contribution is 0.521. The second kappa shape index (κ2) is 7.28. The van der Waals surface area contributed by atoms with Gasteiger partial charge in [0, 0.05) is 23.0 Å². The van der Waals surface area contributed by atoms with Crippen LogP contribution in [0.2, 0.25) is 0 Å². The van der Waals surface area contributed by atoms with Gasteiger partial charge in [-0.25, -0.2) is 22.2 Å². The third kappa shape index (κ3) is 4.03. The summed E-state index contributed by atoms with van der Waals surface area (Å²) in [6.45, 7) is 1.85. The summed E-state index contributed by atoms with van der Waals surface area (Å²) in [6, 6.07) is 10.2. The van der Waals surface area contributed by atoms with Gasteiger partial charge in [0.25, 0.3) is 15.6 Å². The summed E-state index contributed by atoms with van der Waals surface area (Å²) in [5.41, 5.74) is 0.751. The molecule has 2 N–H and O–H groups in total. The van der Waals surface area contributed by atoms with Crippen molar-refractivity contribution in [1.29, 1.82) is 0 Å². The third-order valence-electron chi connectivity index (χ3n) is 3.73. The van der Waals surface area contributed by atoms with E-state index in [0.717, 1.165) is 18.2 Å². The number of aryl methyl sites for hydroxylation is 1. The van der Waals surface area contributed by atoms with Crippen molar-refractivity contribution in [2.24, 2.45) is 0 Å². The van der Waals surface area contributed by atoms with Gasteiger partial charge in [0.05, 0.1) is 0 Å². The fourth-order valence-corrected chi connectivity index (χ4v) is 3.69. The Morgan fingerprint density at radius 3 is 2.41 bits per heavy atom. The first-order valence-corrected chi connectivity index (χ1v) is 9.46. The second-order valence-electron chi connectivity index (χ2n) is 5.68. The van der Waals surface area contributed by atoms with Crippen LogP contribution in [0.1, 0.15) is 12.6 Å². The highest BCUT2D eigenvalue weighted by molar-refractivity contribution is 7.92. The molecule has 0 aliphatic heterocycles. The maximum absolute atomic E-state index is 13.8. The predicted molar refractivity (Wildman–Crippen MR) is 96.8 cm³/mol. The molecule has 1 heterocycles. The number of halogens is 2. The molecule has 0 saturated carbocycles. The number of hydrogen-bond acceptors (Lipinski definition) is 4. The molecule has 0 atom stereocenters. The van der Waals surface area contributed by atoms with Crippen LogP contribution < -0.4 is 10.3 Å². The van der Waals surface area contributed by atoms with Gasteiger partial charge in [0.2, 0.25) is 0 Å². The van der Waals surface area contributed by atoms with E-state index in [1.165, 1.54) is 24.3 Å². The topological polar surface area (TPSA) is 91.9 Å². The first kappa shape index (κ1) is 18.7. The van der Waals surface area contributed by atoms with Crippen LogP contribution in [0.5, 0.6) is 0 Å². The first-order valence-electron chi connectivity index (χ1n) is 7.97. The Morgan fingerprint density at radius 1 is 1.07 bits per heavy atom. The first-order chi connectivity index (χ1) is 12.8. The molecule has 2 aromatic carbocycles. The summed E-state index contributed by atoms with van der Waals surface area (Å²) < 4.78 is 54.5. The number of benzene rings is 2. The van der Waals surface area contributed by atoms with Crippen LogP contribution in [0.25, 0.3) is 11.4 Å². The van der Waals surface area contributed by atoms with E-state index in [-0.39, 0.29) is 17.1 Å². The molecule has 0 aliphatic carbocycles. The van der Waals surface area contributed by atoms with Gasteiger partial charge in [0.1, 0.15) is 17.5 Å². The van der Waals surface area contributed by atoms with Crippen LogP contribution in [0.3, 0.4) is 0 Å². The van der Waals surface area contributed by atoms with Crippen LogP contribution in [0.4, 0.5) is 14.5 Å². The molecule has 9 heteroatoms.